The van der Waals surface area contributed by atoms with Gasteiger partial charge in [-0.1, -0.05) is 12.1 Å². The molecule has 3 heterocycles. The normalized spacial score (nSPS) is 13.9. The minimum atomic E-state index is -0.116. The average molecular weight is 561 g/mol. The molecule has 0 saturated carbocycles. The lowest BCUT2D eigenvalue weighted by molar-refractivity contribution is -0.116. The van der Waals surface area contributed by atoms with E-state index in [4.69, 9.17) is 0 Å². The number of hydrogen-bond donors (Lipinski definition) is 2. The summed E-state index contributed by atoms with van der Waals surface area (Å²) in [6.07, 6.45) is 6.95. The molecular weight excluding hydrogens is 533 g/mol. The van der Waals surface area contributed by atoms with Gasteiger partial charge < -0.3 is 20.4 Å². The molecule has 1 aromatic carbocycles. The van der Waals surface area contributed by atoms with E-state index in [1.54, 1.807) is 42.6 Å². The fourth-order valence-electron chi connectivity index (χ4n) is 3.59. The van der Waals surface area contributed by atoms with Gasteiger partial charge in [0, 0.05) is 70.2 Å². The number of guanidine groups is 1. The minimum Gasteiger partial charge on any atom is -0.352 e. The average Bonchev–Trinajstić information content (AvgIpc) is 3.33. The molecule has 3 aromatic rings. The Morgan fingerprint density at radius 1 is 1.06 bits per heavy atom. The highest BCUT2D eigenvalue weighted by atomic mass is 127. The Bertz CT molecular complexity index is 1040. The summed E-state index contributed by atoms with van der Waals surface area (Å²) in [7, 11) is 1.79. The molecule has 0 unspecified atom stereocenters. The van der Waals surface area contributed by atoms with Crippen LogP contribution in [0.5, 0.6) is 0 Å². The molecule has 11 heteroatoms. The van der Waals surface area contributed by atoms with Gasteiger partial charge in [-0.05, 0) is 29.8 Å². The molecule has 2 aromatic heterocycles. The predicted octanol–water partition coefficient (Wildman–Crippen LogP) is 1.83. The molecule has 1 fully saturated rings. The lowest BCUT2D eigenvalue weighted by atomic mass is 10.2. The highest BCUT2D eigenvalue weighted by molar-refractivity contribution is 14.0. The lowest BCUT2D eigenvalue weighted by Gasteiger charge is -2.36. The lowest BCUT2D eigenvalue weighted by Crippen LogP contribution is -2.52. The number of halogens is 1. The van der Waals surface area contributed by atoms with E-state index in [-0.39, 0.29) is 36.4 Å². The standard InChI is InChI=1S/C22H27N9O.HI/c1-23-21(29-11-13-30(14-12-29)22-24-7-3-8-25-22)26-16-18-5-2-6-19(15-18)28-20(32)17-31-10-4-9-27-31;/h2-10,15H,11-14,16-17H2,1H3,(H,23,26)(H,28,32);1H. The van der Waals surface area contributed by atoms with E-state index in [1.807, 2.05) is 30.3 Å². The number of amides is 1. The largest absolute Gasteiger partial charge is 0.352 e. The predicted molar refractivity (Wildman–Crippen MR) is 139 cm³/mol. The van der Waals surface area contributed by atoms with Gasteiger partial charge in [-0.15, -0.1) is 24.0 Å². The molecule has 1 amide bonds. The Morgan fingerprint density at radius 2 is 1.85 bits per heavy atom. The van der Waals surface area contributed by atoms with E-state index in [2.05, 4.69) is 40.5 Å². The monoisotopic (exact) mass is 561 g/mol. The van der Waals surface area contributed by atoms with Gasteiger partial charge in [-0.25, -0.2) is 9.97 Å². The van der Waals surface area contributed by atoms with Crippen molar-refractivity contribution in [2.45, 2.75) is 13.1 Å². The Morgan fingerprint density at radius 3 is 2.55 bits per heavy atom. The molecular formula is C22H28IN9O. The summed E-state index contributed by atoms with van der Waals surface area (Å²) < 4.78 is 1.59. The molecule has 174 valence electrons. The van der Waals surface area contributed by atoms with Crippen LogP contribution in [-0.2, 0) is 17.9 Å². The van der Waals surface area contributed by atoms with Crippen LogP contribution < -0.4 is 15.5 Å². The molecule has 2 N–H and O–H groups in total. The second-order valence-electron chi connectivity index (χ2n) is 7.38. The summed E-state index contributed by atoms with van der Waals surface area (Å²) in [6.45, 7) is 4.13. The topological polar surface area (TPSA) is 104 Å². The molecule has 33 heavy (non-hydrogen) atoms. The summed E-state index contributed by atoms with van der Waals surface area (Å²) in [5.41, 5.74) is 1.81. The first kappa shape index (κ1) is 24.4. The zero-order chi connectivity index (χ0) is 22.2. The number of anilines is 2. The molecule has 4 rings (SSSR count). The van der Waals surface area contributed by atoms with Crippen molar-refractivity contribution in [2.24, 2.45) is 4.99 Å². The van der Waals surface area contributed by atoms with Gasteiger partial charge >= 0.3 is 0 Å². The number of rotatable bonds is 6. The molecule has 10 nitrogen and oxygen atoms in total. The van der Waals surface area contributed by atoms with Crippen molar-refractivity contribution in [3.8, 4) is 0 Å². The minimum absolute atomic E-state index is 0. The summed E-state index contributed by atoms with van der Waals surface area (Å²) in [6, 6.07) is 11.4. The number of nitrogens with one attached hydrogen (secondary N) is 2. The van der Waals surface area contributed by atoms with Crippen molar-refractivity contribution >= 4 is 47.5 Å². The Kier molecular flexibility index (Phi) is 8.98. The van der Waals surface area contributed by atoms with Gasteiger partial charge in [0.1, 0.15) is 6.54 Å². The van der Waals surface area contributed by atoms with Crippen molar-refractivity contribution in [1.29, 1.82) is 0 Å². The quantitative estimate of drug-likeness (QED) is 0.269. The zero-order valence-corrected chi connectivity index (χ0v) is 20.8. The number of benzene rings is 1. The molecule has 0 atom stereocenters. The number of nitrogens with zero attached hydrogens (tertiary/aromatic N) is 7. The number of aliphatic imine (C=N–C) groups is 1. The van der Waals surface area contributed by atoms with Crippen LogP contribution in [0.2, 0.25) is 0 Å². The van der Waals surface area contributed by atoms with E-state index in [9.17, 15) is 4.79 Å². The summed E-state index contributed by atoms with van der Waals surface area (Å²) in [5, 5.41) is 10.4. The second-order valence-corrected chi connectivity index (χ2v) is 7.38. The van der Waals surface area contributed by atoms with Crippen molar-refractivity contribution in [1.82, 2.24) is 30.0 Å². The molecule has 0 radical (unpaired) electrons. The third kappa shape index (κ3) is 6.88. The van der Waals surface area contributed by atoms with Crippen molar-refractivity contribution in [2.75, 3.05) is 43.4 Å². The number of piperazine rings is 1. The molecule has 0 spiro atoms. The molecule has 0 aliphatic carbocycles. The maximum absolute atomic E-state index is 12.2. The first-order valence-corrected chi connectivity index (χ1v) is 10.5. The van der Waals surface area contributed by atoms with Gasteiger partial charge in [0.05, 0.1) is 0 Å². The number of carbonyl (C=O) groups excluding carboxylic acids is 1. The Balaban J connectivity index is 0.00000306. The van der Waals surface area contributed by atoms with Crippen LogP contribution in [0.1, 0.15) is 5.56 Å². The van der Waals surface area contributed by atoms with Gasteiger partial charge in [-0.3, -0.25) is 14.5 Å². The maximum Gasteiger partial charge on any atom is 0.246 e. The molecule has 1 aliphatic heterocycles. The van der Waals surface area contributed by atoms with Crippen molar-refractivity contribution < 1.29 is 4.79 Å². The van der Waals surface area contributed by atoms with Gasteiger partial charge in [0.15, 0.2) is 5.96 Å². The van der Waals surface area contributed by atoms with E-state index in [0.29, 0.717) is 6.54 Å². The SMILES string of the molecule is CN=C(NCc1cccc(NC(=O)Cn2cccn2)c1)N1CCN(c2ncccn2)CC1.I. The second kappa shape index (κ2) is 12.1. The van der Waals surface area contributed by atoms with Crippen LogP contribution in [0.4, 0.5) is 11.6 Å². The van der Waals surface area contributed by atoms with E-state index in [0.717, 1.165) is 49.3 Å². The first-order valence-electron chi connectivity index (χ1n) is 10.5. The van der Waals surface area contributed by atoms with Crippen molar-refractivity contribution in [3.63, 3.8) is 0 Å². The zero-order valence-electron chi connectivity index (χ0n) is 18.5. The van der Waals surface area contributed by atoms with E-state index < -0.39 is 0 Å². The summed E-state index contributed by atoms with van der Waals surface area (Å²) >= 11 is 0. The van der Waals surface area contributed by atoms with Gasteiger partial charge in [0.25, 0.3) is 0 Å². The number of aromatic nitrogens is 4. The van der Waals surface area contributed by atoms with Crippen LogP contribution in [0.25, 0.3) is 0 Å². The third-order valence-corrected chi connectivity index (χ3v) is 5.15. The Hall–Kier alpha value is -3.22. The maximum atomic E-state index is 12.2. The van der Waals surface area contributed by atoms with Crippen LogP contribution in [0.15, 0.2) is 66.2 Å². The fraction of sp³-hybridized carbons (Fsp3) is 0.318. The highest BCUT2D eigenvalue weighted by Gasteiger charge is 2.21. The van der Waals surface area contributed by atoms with E-state index in [1.165, 1.54) is 0 Å². The smallest absolute Gasteiger partial charge is 0.246 e. The Labute approximate surface area is 210 Å². The van der Waals surface area contributed by atoms with Gasteiger partial charge in [0.2, 0.25) is 11.9 Å². The van der Waals surface area contributed by atoms with E-state index >= 15 is 0 Å². The van der Waals surface area contributed by atoms with Crippen LogP contribution in [0.3, 0.4) is 0 Å². The van der Waals surface area contributed by atoms with Crippen LogP contribution >= 0.6 is 24.0 Å². The molecule has 1 saturated heterocycles. The summed E-state index contributed by atoms with van der Waals surface area (Å²) in [5.74, 6) is 1.50. The summed E-state index contributed by atoms with van der Waals surface area (Å²) in [4.78, 5) is 29.7. The van der Waals surface area contributed by atoms with Crippen molar-refractivity contribution in [3.05, 3.63) is 66.7 Å². The number of carbonyl (C=O) groups is 1. The van der Waals surface area contributed by atoms with Crippen LogP contribution in [0, 0.1) is 0 Å². The van der Waals surface area contributed by atoms with Crippen LogP contribution in [-0.4, -0.2) is 69.7 Å². The first-order chi connectivity index (χ1) is 15.7. The molecule has 1 aliphatic rings. The third-order valence-electron chi connectivity index (χ3n) is 5.15. The molecule has 0 bridgehead atoms. The highest BCUT2D eigenvalue weighted by Crippen LogP contribution is 2.12. The fourth-order valence-corrected chi connectivity index (χ4v) is 3.59. The van der Waals surface area contributed by atoms with Gasteiger partial charge in [-0.2, -0.15) is 5.10 Å². The number of hydrogen-bond acceptors (Lipinski definition) is 6.